The second-order valence-electron chi connectivity index (χ2n) is 3.03. The standard InChI is InChI=1S/C10H8Cl3NO2/c1-14(9(16)10(11,12)13)8(15)7-5-3-2-4-6-7/h2-6H,1H3. The Bertz CT molecular complexity index is 400. The van der Waals surface area contributed by atoms with Gasteiger partial charge in [0.2, 0.25) is 0 Å². The third-order valence-corrected chi connectivity index (χ3v) is 2.36. The second-order valence-corrected chi connectivity index (χ2v) is 5.31. The normalized spacial score (nSPS) is 11.0. The Hall–Kier alpha value is -0.770. The Morgan fingerprint density at radius 3 is 2.06 bits per heavy atom. The molecule has 3 nitrogen and oxygen atoms in total. The van der Waals surface area contributed by atoms with Crippen molar-refractivity contribution in [3.63, 3.8) is 0 Å². The van der Waals surface area contributed by atoms with E-state index >= 15 is 0 Å². The Labute approximate surface area is 108 Å². The van der Waals surface area contributed by atoms with Crippen molar-refractivity contribution in [2.24, 2.45) is 0 Å². The molecule has 0 aliphatic carbocycles. The molecule has 1 aromatic carbocycles. The molecule has 0 atom stereocenters. The quantitative estimate of drug-likeness (QED) is 0.742. The molecule has 0 N–H and O–H groups in total. The number of amides is 2. The summed E-state index contributed by atoms with van der Waals surface area (Å²) in [4.78, 5) is 24.0. The van der Waals surface area contributed by atoms with Crippen LogP contribution in [-0.4, -0.2) is 27.6 Å². The van der Waals surface area contributed by atoms with Crippen LogP contribution in [0.15, 0.2) is 30.3 Å². The predicted octanol–water partition coefficient (Wildman–Crippen LogP) is 2.66. The molecule has 0 spiro atoms. The Morgan fingerprint density at radius 2 is 1.62 bits per heavy atom. The van der Waals surface area contributed by atoms with Gasteiger partial charge in [0.1, 0.15) is 0 Å². The highest BCUT2D eigenvalue weighted by atomic mass is 35.6. The van der Waals surface area contributed by atoms with Gasteiger partial charge in [0.25, 0.3) is 15.6 Å². The molecule has 0 bridgehead atoms. The van der Waals surface area contributed by atoms with Gasteiger partial charge in [-0.3, -0.25) is 14.5 Å². The number of rotatable bonds is 1. The minimum absolute atomic E-state index is 0.354. The van der Waals surface area contributed by atoms with Crippen LogP contribution in [0.4, 0.5) is 0 Å². The second kappa shape index (κ2) is 5.04. The summed E-state index contributed by atoms with van der Waals surface area (Å²) in [5.74, 6) is -1.40. The Balaban J connectivity index is 2.88. The van der Waals surface area contributed by atoms with Crippen LogP contribution < -0.4 is 0 Å². The average Bonchev–Trinajstić information content (AvgIpc) is 2.26. The van der Waals surface area contributed by atoms with E-state index < -0.39 is 15.6 Å². The number of hydrogen-bond donors (Lipinski definition) is 0. The molecule has 16 heavy (non-hydrogen) atoms. The van der Waals surface area contributed by atoms with Gasteiger partial charge in [0.15, 0.2) is 0 Å². The van der Waals surface area contributed by atoms with Gasteiger partial charge in [0, 0.05) is 12.6 Å². The lowest BCUT2D eigenvalue weighted by molar-refractivity contribution is -0.126. The Kier molecular flexibility index (Phi) is 4.19. The van der Waals surface area contributed by atoms with Crippen LogP contribution in [0.2, 0.25) is 0 Å². The van der Waals surface area contributed by atoms with E-state index in [2.05, 4.69) is 0 Å². The van der Waals surface area contributed by atoms with Crippen molar-refractivity contribution in [2.75, 3.05) is 7.05 Å². The smallest absolute Gasteiger partial charge is 0.278 e. The zero-order valence-electron chi connectivity index (χ0n) is 8.28. The fourth-order valence-electron chi connectivity index (χ4n) is 1.06. The highest BCUT2D eigenvalue weighted by molar-refractivity contribution is 6.76. The lowest BCUT2D eigenvalue weighted by Crippen LogP contribution is -2.40. The lowest BCUT2D eigenvalue weighted by Gasteiger charge is -2.19. The first kappa shape index (κ1) is 13.3. The van der Waals surface area contributed by atoms with E-state index in [0.29, 0.717) is 5.56 Å². The number of benzene rings is 1. The van der Waals surface area contributed by atoms with Gasteiger partial charge in [-0.1, -0.05) is 53.0 Å². The van der Waals surface area contributed by atoms with Crippen molar-refractivity contribution in [2.45, 2.75) is 3.79 Å². The predicted molar refractivity (Wildman–Crippen MR) is 63.8 cm³/mol. The number of hydrogen-bond acceptors (Lipinski definition) is 2. The van der Waals surface area contributed by atoms with Gasteiger partial charge in [-0.2, -0.15) is 0 Å². The van der Waals surface area contributed by atoms with Gasteiger partial charge in [0.05, 0.1) is 0 Å². The topological polar surface area (TPSA) is 37.4 Å². The molecular formula is C10H8Cl3NO2. The van der Waals surface area contributed by atoms with E-state index in [4.69, 9.17) is 34.8 Å². The highest BCUT2D eigenvalue weighted by Crippen LogP contribution is 2.28. The van der Waals surface area contributed by atoms with Gasteiger partial charge in [-0.15, -0.1) is 0 Å². The number of alkyl halides is 3. The van der Waals surface area contributed by atoms with Crippen molar-refractivity contribution < 1.29 is 9.59 Å². The first-order valence-corrected chi connectivity index (χ1v) is 5.41. The highest BCUT2D eigenvalue weighted by Gasteiger charge is 2.36. The summed E-state index contributed by atoms with van der Waals surface area (Å²) >= 11 is 16.2. The maximum absolute atomic E-state index is 11.8. The van der Waals surface area contributed by atoms with E-state index in [1.807, 2.05) is 0 Å². The minimum atomic E-state index is -2.13. The van der Waals surface area contributed by atoms with Gasteiger partial charge in [-0.05, 0) is 12.1 Å². The van der Waals surface area contributed by atoms with Crippen LogP contribution in [-0.2, 0) is 4.79 Å². The number of carbonyl (C=O) groups excluding carboxylic acids is 2. The first-order chi connectivity index (χ1) is 7.34. The van der Waals surface area contributed by atoms with Gasteiger partial charge >= 0.3 is 0 Å². The summed E-state index contributed by atoms with van der Waals surface area (Å²) in [5.41, 5.74) is 0.354. The fraction of sp³-hybridized carbons (Fsp3) is 0.200. The van der Waals surface area contributed by atoms with Crippen molar-refractivity contribution in [1.29, 1.82) is 0 Å². The van der Waals surface area contributed by atoms with Crippen LogP contribution in [0, 0.1) is 0 Å². The van der Waals surface area contributed by atoms with Crippen LogP contribution in [0.25, 0.3) is 0 Å². The molecule has 0 radical (unpaired) electrons. The van der Waals surface area contributed by atoms with E-state index in [1.165, 1.54) is 7.05 Å². The summed E-state index contributed by atoms with van der Waals surface area (Å²) < 4.78 is -2.13. The summed E-state index contributed by atoms with van der Waals surface area (Å²) in [6.45, 7) is 0. The molecular weight excluding hydrogens is 272 g/mol. The van der Waals surface area contributed by atoms with Crippen LogP contribution >= 0.6 is 34.8 Å². The maximum atomic E-state index is 11.8. The van der Waals surface area contributed by atoms with Crippen LogP contribution in [0.5, 0.6) is 0 Å². The molecule has 1 aromatic rings. The maximum Gasteiger partial charge on any atom is 0.281 e. The zero-order valence-corrected chi connectivity index (χ0v) is 10.6. The molecule has 0 aliphatic rings. The molecule has 0 saturated heterocycles. The average molecular weight is 281 g/mol. The minimum Gasteiger partial charge on any atom is -0.278 e. The van der Waals surface area contributed by atoms with E-state index in [9.17, 15) is 9.59 Å². The van der Waals surface area contributed by atoms with Crippen LogP contribution in [0.1, 0.15) is 10.4 Å². The van der Waals surface area contributed by atoms with Crippen molar-refractivity contribution in [3.8, 4) is 0 Å². The van der Waals surface area contributed by atoms with Crippen molar-refractivity contribution >= 4 is 46.6 Å². The van der Waals surface area contributed by atoms with Crippen molar-refractivity contribution in [3.05, 3.63) is 35.9 Å². The summed E-state index contributed by atoms with van der Waals surface area (Å²) in [6.07, 6.45) is 0. The van der Waals surface area contributed by atoms with E-state index in [1.54, 1.807) is 30.3 Å². The zero-order chi connectivity index (χ0) is 12.3. The van der Waals surface area contributed by atoms with Crippen LogP contribution in [0.3, 0.4) is 0 Å². The third kappa shape index (κ3) is 3.11. The molecule has 86 valence electrons. The molecule has 2 amide bonds. The van der Waals surface area contributed by atoms with Crippen molar-refractivity contribution in [1.82, 2.24) is 4.90 Å². The van der Waals surface area contributed by atoms with E-state index in [-0.39, 0.29) is 0 Å². The molecule has 0 saturated carbocycles. The lowest BCUT2D eigenvalue weighted by atomic mass is 10.2. The first-order valence-electron chi connectivity index (χ1n) is 4.28. The molecule has 0 heterocycles. The monoisotopic (exact) mass is 279 g/mol. The summed E-state index contributed by atoms with van der Waals surface area (Å²) in [6, 6.07) is 8.27. The number of halogens is 3. The number of carbonyl (C=O) groups is 2. The molecule has 0 aromatic heterocycles. The number of imide groups is 1. The molecule has 0 unspecified atom stereocenters. The van der Waals surface area contributed by atoms with Gasteiger partial charge < -0.3 is 0 Å². The summed E-state index contributed by atoms with van der Waals surface area (Å²) in [7, 11) is 1.26. The van der Waals surface area contributed by atoms with E-state index in [0.717, 1.165) is 4.90 Å². The summed E-state index contributed by atoms with van der Waals surface area (Å²) in [5, 5.41) is 0. The Morgan fingerprint density at radius 1 is 1.12 bits per heavy atom. The van der Waals surface area contributed by atoms with Gasteiger partial charge in [-0.25, -0.2) is 0 Å². The fourth-order valence-corrected chi connectivity index (χ4v) is 1.44. The molecule has 1 rings (SSSR count). The molecule has 0 fully saturated rings. The third-order valence-electron chi connectivity index (χ3n) is 1.87. The number of nitrogens with zero attached hydrogens (tertiary/aromatic N) is 1. The SMILES string of the molecule is CN(C(=O)c1ccccc1)C(=O)C(Cl)(Cl)Cl. The molecule has 0 aliphatic heterocycles. The molecule has 6 heteroatoms. The largest absolute Gasteiger partial charge is 0.281 e.